The highest BCUT2D eigenvalue weighted by atomic mass is 79.9. The molecule has 0 bridgehead atoms. The molecule has 27 heavy (non-hydrogen) atoms. The molecule has 0 spiro atoms. The van der Waals surface area contributed by atoms with E-state index in [4.69, 9.17) is 24.7 Å². The van der Waals surface area contributed by atoms with Crippen LogP contribution >= 0.6 is 27.7 Å². The van der Waals surface area contributed by atoms with E-state index in [2.05, 4.69) is 20.9 Å². The number of thioether (sulfide) groups is 1. The molecule has 146 valence electrons. The largest absolute Gasteiger partial charge is 1.00 e. The van der Waals surface area contributed by atoms with Gasteiger partial charge >= 0.3 is 0 Å². The second kappa shape index (κ2) is 9.96. The van der Waals surface area contributed by atoms with Crippen molar-refractivity contribution in [3.8, 4) is 23.0 Å². The minimum Gasteiger partial charge on any atom is -1.00 e. The molecule has 1 aliphatic rings. The van der Waals surface area contributed by atoms with E-state index in [1.807, 2.05) is 30.3 Å². The quantitative estimate of drug-likeness (QED) is 0.517. The maximum Gasteiger partial charge on any atom is 0.163 e. The number of hydrogen-bond donors (Lipinski definition) is 1. The summed E-state index contributed by atoms with van der Waals surface area (Å²) in [6.07, 6.45) is 0. The van der Waals surface area contributed by atoms with Crippen LogP contribution in [0.5, 0.6) is 23.0 Å². The summed E-state index contributed by atoms with van der Waals surface area (Å²) in [5.41, 5.74) is 7.84. The van der Waals surface area contributed by atoms with Gasteiger partial charge in [0.05, 0.1) is 19.9 Å². The van der Waals surface area contributed by atoms with Gasteiger partial charge in [0.25, 0.3) is 0 Å². The van der Waals surface area contributed by atoms with Crippen LogP contribution in [0, 0.1) is 0 Å². The number of benzene rings is 2. The van der Waals surface area contributed by atoms with E-state index in [0.29, 0.717) is 41.4 Å². The molecule has 0 saturated heterocycles. The van der Waals surface area contributed by atoms with Crippen LogP contribution in [0.25, 0.3) is 0 Å². The Hall–Kier alpha value is -1.77. The van der Waals surface area contributed by atoms with Crippen LogP contribution in [-0.4, -0.2) is 32.6 Å². The summed E-state index contributed by atoms with van der Waals surface area (Å²) >= 11 is 4.99. The Kier molecular flexibility index (Phi) is 7.94. The molecule has 2 N–H and O–H groups in total. The van der Waals surface area contributed by atoms with Gasteiger partial charge in [0, 0.05) is 16.3 Å². The highest BCUT2D eigenvalue weighted by molar-refractivity contribution is 9.10. The lowest BCUT2D eigenvalue weighted by Gasteiger charge is -2.18. The molecule has 0 atom stereocenters. The number of hydrogen-bond acceptors (Lipinski definition) is 6. The van der Waals surface area contributed by atoms with Crippen molar-refractivity contribution in [3.63, 3.8) is 0 Å². The maximum absolute atomic E-state index is 6.08. The van der Waals surface area contributed by atoms with Gasteiger partial charge < -0.3 is 37.1 Å². The minimum atomic E-state index is 0. The summed E-state index contributed by atoms with van der Waals surface area (Å²) in [5.74, 6) is 3.41. The Bertz CT molecular complexity index is 835. The average Bonchev–Trinajstić information content (AvgIpc) is 2.66. The fourth-order valence-electron chi connectivity index (χ4n) is 2.42. The number of aliphatic imine (C=N–C) groups is 1. The number of nitrogens with zero attached hydrogens (tertiary/aromatic N) is 1. The topological polar surface area (TPSA) is 75.3 Å². The molecule has 6 nitrogen and oxygen atoms in total. The number of rotatable bonds is 5. The lowest BCUT2D eigenvalue weighted by molar-refractivity contribution is -0.00000636. The monoisotopic (exact) mass is 473 g/mol. The van der Waals surface area contributed by atoms with E-state index in [-0.39, 0.29) is 12.4 Å². The van der Waals surface area contributed by atoms with E-state index >= 15 is 0 Å². The van der Waals surface area contributed by atoms with Crippen LogP contribution in [0.15, 0.2) is 39.8 Å². The van der Waals surface area contributed by atoms with E-state index in [1.165, 1.54) is 11.8 Å². The molecule has 0 saturated carbocycles. The number of halogens is 2. The van der Waals surface area contributed by atoms with Crippen molar-refractivity contribution in [2.45, 2.75) is 5.75 Å². The molecule has 0 unspecified atom stereocenters. The lowest BCUT2D eigenvalue weighted by Crippen LogP contribution is -3.00. The van der Waals surface area contributed by atoms with Gasteiger partial charge in [0.2, 0.25) is 0 Å². The number of amidine groups is 1. The molecule has 0 fully saturated rings. The van der Waals surface area contributed by atoms with Crippen molar-refractivity contribution in [3.05, 3.63) is 40.4 Å². The van der Waals surface area contributed by atoms with Crippen LogP contribution in [0.3, 0.4) is 0 Å². The summed E-state index contributed by atoms with van der Waals surface area (Å²) in [4.78, 5) is 4.44. The van der Waals surface area contributed by atoms with Crippen LogP contribution in [0.1, 0.15) is 5.56 Å². The van der Waals surface area contributed by atoms with Crippen molar-refractivity contribution in [2.75, 3.05) is 27.4 Å². The van der Waals surface area contributed by atoms with Crippen LogP contribution in [0.4, 0.5) is 5.69 Å². The highest BCUT2D eigenvalue weighted by Gasteiger charge is 2.13. The fourth-order valence-corrected chi connectivity index (χ4v) is 3.78. The normalized spacial score (nSPS) is 12.9. The van der Waals surface area contributed by atoms with Crippen molar-refractivity contribution in [1.29, 1.82) is 0 Å². The molecule has 1 aliphatic heterocycles. The summed E-state index contributed by atoms with van der Waals surface area (Å²) in [6.45, 7) is 1.10. The van der Waals surface area contributed by atoms with Crippen LogP contribution in [0.2, 0.25) is 0 Å². The molecule has 9 heteroatoms. The standard InChI is InChI=1S/C18H19BrN2O4S.ClH/c1-22-15-7-11(13(19)9-16(15)23-2)10-26-18(20)21-12-3-4-14-17(8-12)25-6-5-24-14;/h3-4,7-9H,5-6,10H2,1-2H3,(H2,20,21);1H/p-1. The number of fused-ring (bicyclic) bond motifs is 1. The minimum absolute atomic E-state index is 0. The van der Waals surface area contributed by atoms with E-state index in [1.54, 1.807) is 14.2 Å². The number of nitrogens with two attached hydrogens (primary N) is 1. The number of methoxy groups -OCH3 is 2. The summed E-state index contributed by atoms with van der Waals surface area (Å²) in [6, 6.07) is 9.33. The molecule has 0 aromatic heterocycles. The first-order valence-electron chi connectivity index (χ1n) is 7.87. The first-order chi connectivity index (χ1) is 12.6. The smallest absolute Gasteiger partial charge is 0.163 e. The van der Waals surface area contributed by atoms with Crippen molar-refractivity contribution >= 4 is 38.5 Å². The lowest BCUT2D eigenvalue weighted by atomic mass is 10.2. The summed E-state index contributed by atoms with van der Waals surface area (Å²) < 4.78 is 22.6. The van der Waals surface area contributed by atoms with Gasteiger partial charge in [-0.3, -0.25) is 0 Å². The zero-order valence-corrected chi connectivity index (χ0v) is 18.0. The third kappa shape index (κ3) is 5.37. The SMILES string of the molecule is COc1cc(Br)c(CSC(N)=Nc2ccc3c(c2)OCCO3)cc1OC.[Cl-]. The zero-order chi connectivity index (χ0) is 18.5. The van der Waals surface area contributed by atoms with Gasteiger partial charge in [-0.05, 0) is 29.8 Å². The van der Waals surface area contributed by atoms with Gasteiger partial charge in [0.1, 0.15) is 13.2 Å². The van der Waals surface area contributed by atoms with Gasteiger partial charge in [-0.15, -0.1) is 0 Å². The fraction of sp³-hybridized carbons (Fsp3) is 0.278. The predicted octanol–water partition coefficient (Wildman–Crippen LogP) is 1.12. The first-order valence-corrected chi connectivity index (χ1v) is 9.65. The maximum atomic E-state index is 6.08. The second-order valence-corrected chi connectivity index (χ2v) is 7.22. The molecule has 0 radical (unpaired) electrons. The van der Waals surface area contributed by atoms with E-state index in [9.17, 15) is 0 Å². The molecule has 0 amide bonds. The third-order valence-electron chi connectivity index (χ3n) is 3.69. The molecule has 2 aromatic rings. The number of ether oxygens (including phenoxy) is 4. The van der Waals surface area contributed by atoms with E-state index < -0.39 is 0 Å². The Morgan fingerprint density at radius 3 is 2.48 bits per heavy atom. The molecular weight excluding hydrogens is 456 g/mol. The highest BCUT2D eigenvalue weighted by Crippen LogP contribution is 2.36. The van der Waals surface area contributed by atoms with Crippen LogP contribution in [-0.2, 0) is 5.75 Å². The molecule has 2 aromatic carbocycles. The first kappa shape index (κ1) is 21.5. The summed E-state index contributed by atoms with van der Waals surface area (Å²) in [7, 11) is 3.22. The van der Waals surface area contributed by atoms with Crippen molar-refractivity contribution in [2.24, 2.45) is 10.7 Å². The Morgan fingerprint density at radius 1 is 1.11 bits per heavy atom. The molecule has 0 aliphatic carbocycles. The van der Waals surface area contributed by atoms with Crippen molar-refractivity contribution in [1.82, 2.24) is 0 Å². The van der Waals surface area contributed by atoms with Gasteiger partial charge in [-0.1, -0.05) is 27.7 Å². The van der Waals surface area contributed by atoms with Crippen LogP contribution < -0.4 is 37.1 Å². The Morgan fingerprint density at radius 2 is 1.78 bits per heavy atom. The van der Waals surface area contributed by atoms with Crippen molar-refractivity contribution < 1.29 is 31.4 Å². The third-order valence-corrected chi connectivity index (χ3v) is 5.27. The molecule has 3 rings (SSSR count). The summed E-state index contributed by atoms with van der Waals surface area (Å²) in [5, 5.41) is 0.461. The Labute approximate surface area is 177 Å². The predicted molar refractivity (Wildman–Crippen MR) is 107 cm³/mol. The van der Waals surface area contributed by atoms with Gasteiger partial charge in [0.15, 0.2) is 28.2 Å². The molecule has 1 heterocycles. The second-order valence-electron chi connectivity index (χ2n) is 5.37. The molecular formula is C18H19BrClN2O4S-. The average molecular weight is 475 g/mol. The van der Waals surface area contributed by atoms with E-state index in [0.717, 1.165) is 21.5 Å². The van der Waals surface area contributed by atoms with Gasteiger partial charge in [-0.25, -0.2) is 4.99 Å². The Balaban J connectivity index is 0.00000261. The van der Waals surface area contributed by atoms with Gasteiger partial charge in [-0.2, -0.15) is 0 Å². The zero-order valence-electron chi connectivity index (χ0n) is 14.8.